The summed E-state index contributed by atoms with van der Waals surface area (Å²) in [7, 11) is 0. The number of unbranched alkanes of at least 4 members (excludes halogenated alkanes) is 1. The summed E-state index contributed by atoms with van der Waals surface area (Å²) in [5.41, 5.74) is 1.02. The lowest BCUT2D eigenvalue weighted by Crippen LogP contribution is -2.13. The van der Waals surface area contributed by atoms with Crippen LogP contribution < -0.4 is 5.32 Å². The summed E-state index contributed by atoms with van der Waals surface area (Å²) in [6.45, 7) is 2.51. The van der Waals surface area contributed by atoms with E-state index in [1.807, 2.05) is 6.92 Å². The van der Waals surface area contributed by atoms with Gasteiger partial charge in [0.1, 0.15) is 11.9 Å². The molecule has 2 heterocycles. The number of furan rings is 1. The van der Waals surface area contributed by atoms with E-state index in [1.165, 1.54) is 17.1 Å². The molecule has 1 atom stereocenters. The number of aromatic nitrogens is 3. The van der Waals surface area contributed by atoms with Crippen LogP contribution in [0.15, 0.2) is 53.3 Å². The largest absolute Gasteiger partial charge is 0.467 e. The lowest BCUT2D eigenvalue weighted by Gasteiger charge is -2.07. The predicted octanol–water partition coefficient (Wildman–Crippen LogP) is 2.81. The summed E-state index contributed by atoms with van der Waals surface area (Å²) < 4.78 is 11.6. The zero-order valence-electron chi connectivity index (χ0n) is 15.9. The molecule has 0 spiro atoms. The molecule has 0 unspecified atom stereocenters. The van der Waals surface area contributed by atoms with Crippen molar-refractivity contribution in [2.24, 2.45) is 0 Å². The Morgan fingerprint density at radius 1 is 1.28 bits per heavy atom. The number of ether oxygens (including phenoxy) is 1. The molecule has 29 heavy (non-hydrogen) atoms. The maximum atomic E-state index is 12.3. The summed E-state index contributed by atoms with van der Waals surface area (Å²) in [4.78, 5) is 24.2. The molecule has 9 nitrogen and oxygen atoms in total. The van der Waals surface area contributed by atoms with Gasteiger partial charge in [-0.3, -0.25) is 4.79 Å². The Labute approximate surface area is 167 Å². The topological polar surface area (TPSA) is 119 Å². The first-order chi connectivity index (χ1) is 14.1. The molecule has 152 valence electrons. The lowest BCUT2D eigenvalue weighted by atomic mass is 10.2. The van der Waals surface area contributed by atoms with Gasteiger partial charge in [0, 0.05) is 5.69 Å². The molecule has 3 rings (SSSR count). The van der Waals surface area contributed by atoms with Crippen molar-refractivity contribution < 1.29 is 23.8 Å². The second-order valence-corrected chi connectivity index (χ2v) is 6.38. The van der Waals surface area contributed by atoms with Crippen molar-refractivity contribution in [2.45, 2.75) is 32.4 Å². The second kappa shape index (κ2) is 9.65. The fourth-order valence-electron chi connectivity index (χ4n) is 2.52. The number of aliphatic hydroxyl groups is 1. The van der Waals surface area contributed by atoms with Crippen molar-refractivity contribution >= 4 is 17.6 Å². The van der Waals surface area contributed by atoms with Crippen molar-refractivity contribution in [1.29, 1.82) is 0 Å². The van der Waals surface area contributed by atoms with Gasteiger partial charge in [-0.2, -0.15) is 0 Å². The zero-order chi connectivity index (χ0) is 20.6. The Bertz CT molecular complexity index is 934. The van der Waals surface area contributed by atoms with Gasteiger partial charge in [0.05, 0.1) is 31.2 Å². The minimum atomic E-state index is -0.896. The van der Waals surface area contributed by atoms with Crippen LogP contribution in [0.2, 0.25) is 0 Å². The van der Waals surface area contributed by atoms with E-state index in [1.54, 1.807) is 36.4 Å². The maximum Gasteiger partial charge on any atom is 0.338 e. The molecule has 1 amide bonds. The van der Waals surface area contributed by atoms with Gasteiger partial charge < -0.3 is 19.6 Å². The summed E-state index contributed by atoms with van der Waals surface area (Å²) >= 11 is 0. The van der Waals surface area contributed by atoms with E-state index in [-0.39, 0.29) is 12.2 Å². The summed E-state index contributed by atoms with van der Waals surface area (Å²) in [6.07, 6.45) is 3.77. The molecule has 2 aromatic heterocycles. The van der Waals surface area contributed by atoms with E-state index in [0.29, 0.717) is 23.6 Å². The first kappa shape index (κ1) is 20.3. The lowest BCUT2D eigenvalue weighted by molar-refractivity contribution is 0.0499. The van der Waals surface area contributed by atoms with E-state index >= 15 is 0 Å². The predicted molar refractivity (Wildman–Crippen MR) is 103 cm³/mol. The van der Waals surface area contributed by atoms with Crippen LogP contribution in [0.25, 0.3) is 0 Å². The van der Waals surface area contributed by atoms with E-state index < -0.39 is 18.0 Å². The van der Waals surface area contributed by atoms with Crippen LogP contribution in [0.3, 0.4) is 0 Å². The number of nitrogens with one attached hydrogen (secondary N) is 1. The van der Waals surface area contributed by atoms with Gasteiger partial charge in [-0.15, -0.1) is 5.10 Å². The number of hydrogen-bond donors (Lipinski definition) is 2. The van der Waals surface area contributed by atoms with Crippen LogP contribution in [0.5, 0.6) is 0 Å². The van der Waals surface area contributed by atoms with Crippen LogP contribution >= 0.6 is 0 Å². The molecule has 0 bridgehead atoms. The highest BCUT2D eigenvalue weighted by Gasteiger charge is 2.16. The average molecular weight is 398 g/mol. The van der Waals surface area contributed by atoms with Gasteiger partial charge in [0.15, 0.2) is 5.69 Å². The van der Waals surface area contributed by atoms with Gasteiger partial charge in [-0.25, -0.2) is 9.48 Å². The molecule has 0 fully saturated rings. The number of carbonyl (C=O) groups is 2. The number of benzene rings is 1. The highest BCUT2D eigenvalue weighted by molar-refractivity contribution is 6.02. The minimum absolute atomic E-state index is 0.0969. The Morgan fingerprint density at radius 2 is 2.07 bits per heavy atom. The number of nitrogens with zero attached hydrogens (tertiary/aromatic N) is 3. The smallest absolute Gasteiger partial charge is 0.338 e. The molecule has 9 heteroatoms. The minimum Gasteiger partial charge on any atom is -0.467 e. The van der Waals surface area contributed by atoms with Crippen LogP contribution in [-0.2, 0) is 11.3 Å². The summed E-state index contributed by atoms with van der Waals surface area (Å²) in [5, 5.41) is 20.4. The average Bonchev–Trinajstić information content (AvgIpc) is 3.41. The van der Waals surface area contributed by atoms with Gasteiger partial charge in [-0.05, 0) is 42.8 Å². The molecule has 0 saturated heterocycles. The van der Waals surface area contributed by atoms with Crippen LogP contribution in [-0.4, -0.2) is 38.6 Å². The Hall–Kier alpha value is -3.46. The monoisotopic (exact) mass is 398 g/mol. The first-order valence-corrected chi connectivity index (χ1v) is 9.27. The third kappa shape index (κ3) is 5.52. The molecule has 0 radical (unpaired) electrons. The Balaban J connectivity index is 1.55. The third-order valence-corrected chi connectivity index (χ3v) is 4.11. The number of carbonyl (C=O) groups excluding carboxylic acids is 2. The maximum absolute atomic E-state index is 12.3. The van der Waals surface area contributed by atoms with Gasteiger partial charge >= 0.3 is 5.97 Å². The molecule has 0 aliphatic carbocycles. The third-order valence-electron chi connectivity index (χ3n) is 4.11. The number of anilines is 1. The molecule has 2 N–H and O–H groups in total. The summed E-state index contributed by atoms with van der Waals surface area (Å²) in [6, 6.07) is 9.72. The van der Waals surface area contributed by atoms with Crippen molar-refractivity contribution in [3.05, 3.63) is 65.9 Å². The normalized spacial score (nSPS) is 11.8. The Kier molecular flexibility index (Phi) is 6.75. The number of rotatable bonds is 9. The molecule has 0 aliphatic rings. The highest BCUT2D eigenvalue weighted by Crippen LogP contribution is 2.15. The molecule has 0 saturated carbocycles. The van der Waals surface area contributed by atoms with Crippen LogP contribution in [0, 0.1) is 0 Å². The van der Waals surface area contributed by atoms with E-state index in [2.05, 4.69) is 15.6 Å². The molecular formula is C20H22N4O5. The van der Waals surface area contributed by atoms with Gasteiger partial charge in [0.2, 0.25) is 0 Å². The van der Waals surface area contributed by atoms with Crippen LogP contribution in [0.1, 0.15) is 52.5 Å². The van der Waals surface area contributed by atoms with Gasteiger partial charge in [-0.1, -0.05) is 18.6 Å². The van der Waals surface area contributed by atoms with Crippen molar-refractivity contribution in [3.63, 3.8) is 0 Å². The number of hydrogen-bond acceptors (Lipinski definition) is 7. The quantitative estimate of drug-likeness (QED) is 0.420. The van der Waals surface area contributed by atoms with Crippen LogP contribution in [0.4, 0.5) is 5.69 Å². The SMILES string of the molecule is CCCCOC(=O)c1ccc(NC(=O)c2cn(C[C@@H](O)c3ccco3)nn2)cc1. The number of amides is 1. The van der Waals surface area contributed by atoms with E-state index in [4.69, 9.17) is 9.15 Å². The van der Waals surface area contributed by atoms with E-state index in [0.717, 1.165) is 12.8 Å². The Morgan fingerprint density at radius 3 is 2.76 bits per heavy atom. The van der Waals surface area contributed by atoms with Crippen molar-refractivity contribution in [2.75, 3.05) is 11.9 Å². The molecule has 1 aromatic carbocycles. The summed E-state index contributed by atoms with van der Waals surface area (Å²) in [5.74, 6) is -0.448. The fraction of sp³-hybridized carbons (Fsp3) is 0.300. The fourth-order valence-corrected chi connectivity index (χ4v) is 2.52. The van der Waals surface area contributed by atoms with E-state index in [9.17, 15) is 14.7 Å². The molecule has 3 aromatic rings. The highest BCUT2D eigenvalue weighted by atomic mass is 16.5. The zero-order valence-corrected chi connectivity index (χ0v) is 15.9. The first-order valence-electron chi connectivity index (χ1n) is 9.27. The second-order valence-electron chi connectivity index (χ2n) is 6.38. The number of aliphatic hydroxyl groups excluding tert-OH is 1. The standard InChI is InChI=1S/C20H22N4O5/c1-2-3-10-29-20(27)14-6-8-15(9-7-14)21-19(26)16-12-24(23-22-16)13-17(25)18-5-4-11-28-18/h4-9,11-12,17,25H,2-3,10,13H2,1H3,(H,21,26)/t17-/m1/s1. The van der Waals surface area contributed by atoms with Crippen molar-refractivity contribution in [3.8, 4) is 0 Å². The molecule has 0 aliphatic heterocycles. The number of esters is 1. The van der Waals surface area contributed by atoms with Crippen molar-refractivity contribution in [1.82, 2.24) is 15.0 Å². The van der Waals surface area contributed by atoms with Gasteiger partial charge in [0.25, 0.3) is 5.91 Å². The molecular weight excluding hydrogens is 376 g/mol.